The molecule has 89 valence electrons. The molecule has 16 heavy (non-hydrogen) atoms. The Labute approximate surface area is 114 Å². The first-order chi connectivity index (χ1) is 6.81. The molecule has 0 aliphatic rings. The summed E-state index contributed by atoms with van der Waals surface area (Å²) in [6, 6.07) is -1.06. The van der Waals surface area contributed by atoms with Gasteiger partial charge in [-0.05, 0) is 6.42 Å². The van der Waals surface area contributed by atoms with Gasteiger partial charge in [-0.3, -0.25) is 14.4 Å². The first kappa shape index (κ1) is 20.7. The van der Waals surface area contributed by atoms with E-state index in [1.54, 1.807) is 0 Å². The van der Waals surface area contributed by atoms with Gasteiger partial charge < -0.3 is 26.8 Å². The maximum atomic E-state index is 9.99. The smallest absolute Gasteiger partial charge is 0.320 e. The second-order valence-electron chi connectivity index (χ2n) is 2.48. The molecule has 0 aliphatic carbocycles. The third kappa shape index (κ3) is 19.0. The number of hydrogen-bond acceptors (Lipinski definition) is 5. The second kappa shape index (κ2) is 12.4. The monoisotopic (exact) mass is 245 g/mol. The zero-order valence-corrected chi connectivity index (χ0v) is 10.9. The van der Waals surface area contributed by atoms with Crippen molar-refractivity contribution >= 4 is 47.5 Å². The molecule has 0 aromatic carbocycles. The number of carboxylic acid groups (broad SMARTS) is 3. The molecule has 0 heterocycles. The van der Waals surface area contributed by atoms with Crippen LogP contribution in [0.2, 0.25) is 0 Å². The molecular weight excluding hydrogens is 231 g/mol. The van der Waals surface area contributed by atoms with Gasteiger partial charge in [0, 0.05) is 36.0 Å². The van der Waals surface area contributed by atoms with Crippen LogP contribution in [0, 0.1) is 0 Å². The summed E-state index contributed by atoms with van der Waals surface area (Å²) in [5.41, 5.74) is 9.57. The van der Waals surface area contributed by atoms with Gasteiger partial charge >= 0.3 is 17.9 Å². The van der Waals surface area contributed by atoms with E-state index < -0.39 is 23.9 Å². The molecule has 0 spiro atoms. The van der Waals surface area contributed by atoms with Gasteiger partial charge in [-0.25, -0.2) is 0 Å². The minimum Gasteiger partial charge on any atom is -0.481 e. The normalized spacial score (nSPS) is 10.1. The Morgan fingerprint density at radius 3 is 1.62 bits per heavy atom. The van der Waals surface area contributed by atoms with Crippen LogP contribution in [0.15, 0.2) is 0 Å². The zero-order valence-electron chi connectivity index (χ0n) is 8.92. The maximum Gasteiger partial charge on any atom is 0.320 e. The molecule has 0 saturated carbocycles. The fourth-order valence-corrected chi connectivity index (χ4v) is 0.402. The summed E-state index contributed by atoms with van der Waals surface area (Å²) in [5, 5.41) is 23.9. The van der Waals surface area contributed by atoms with Crippen LogP contribution in [-0.2, 0) is 14.4 Å². The summed E-state index contributed by atoms with van der Waals surface area (Å²) in [5.74, 6) is -3.16. The molecule has 0 saturated heterocycles. The largest absolute Gasteiger partial charge is 0.481 e. The Balaban J connectivity index is -0.000000242. The van der Waals surface area contributed by atoms with Crippen molar-refractivity contribution in [1.29, 1.82) is 0 Å². The number of carboxylic acids is 3. The third-order valence-corrected chi connectivity index (χ3v) is 1.16. The number of aliphatic carboxylic acids is 3. The summed E-state index contributed by atoms with van der Waals surface area (Å²) in [4.78, 5) is 29.1. The Morgan fingerprint density at radius 2 is 1.44 bits per heavy atom. The first-order valence-electron chi connectivity index (χ1n) is 3.93. The van der Waals surface area contributed by atoms with Crippen molar-refractivity contribution in [2.45, 2.75) is 18.9 Å². The molecule has 0 aliphatic heterocycles. The van der Waals surface area contributed by atoms with Gasteiger partial charge in [-0.2, -0.15) is 0 Å². The Bertz CT molecular complexity index is 235. The zero-order chi connectivity index (χ0) is 12.4. The van der Waals surface area contributed by atoms with Crippen molar-refractivity contribution in [3.05, 3.63) is 0 Å². The Hall–Kier alpha value is -0.670. The number of carbonyl (C=O) groups is 3. The van der Waals surface area contributed by atoms with Crippen LogP contribution in [0.5, 0.6) is 0 Å². The van der Waals surface area contributed by atoms with Crippen molar-refractivity contribution in [3.8, 4) is 0 Å². The summed E-state index contributed by atoms with van der Waals surface area (Å²) in [6.45, 7) is -0.278. The molecule has 0 unspecified atom stereocenters. The Morgan fingerprint density at radius 1 is 1.06 bits per heavy atom. The number of hydrogen-bond donors (Lipinski definition) is 5. The van der Waals surface area contributed by atoms with E-state index in [9.17, 15) is 14.4 Å². The van der Waals surface area contributed by atoms with Gasteiger partial charge in [-0.1, -0.05) is 0 Å². The summed E-state index contributed by atoms with van der Waals surface area (Å²) in [6.07, 6.45) is -0.224. The molecule has 0 rings (SSSR count). The molecule has 1 radical (unpaired) electrons. The first-order valence-corrected chi connectivity index (χ1v) is 3.93. The van der Waals surface area contributed by atoms with E-state index in [0.29, 0.717) is 0 Å². The maximum absolute atomic E-state index is 9.99. The van der Waals surface area contributed by atoms with Gasteiger partial charge in [0.2, 0.25) is 0 Å². The van der Waals surface area contributed by atoms with Gasteiger partial charge in [-0.15, -0.1) is 0 Å². The van der Waals surface area contributed by atoms with Gasteiger partial charge in [0.05, 0.1) is 6.54 Å². The van der Waals surface area contributed by atoms with Crippen molar-refractivity contribution < 1.29 is 29.7 Å². The molecule has 0 amide bonds. The fourth-order valence-electron chi connectivity index (χ4n) is 0.402. The van der Waals surface area contributed by atoms with Crippen LogP contribution in [0.1, 0.15) is 12.8 Å². The number of rotatable bonds is 5. The molecule has 0 fully saturated rings. The van der Waals surface area contributed by atoms with Crippen LogP contribution in [0.3, 0.4) is 0 Å². The van der Waals surface area contributed by atoms with Crippen LogP contribution in [0.25, 0.3) is 0 Å². The molecule has 0 bridgehead atoms. The molecule has 0 aromatic heterocycles. The van der Waals surface area contributed by atoms with Gasteiger partial charge in [0.15, 0.2) is 0 Å². The van der Waals surface area contributed by atoms with Gasteiger partial charge in [0.25, 0.3) is 0 Å². The molecular formula is C7H14N2NaO6. The van der Waals surface area contributed by atoms with E-state index in [4.69, 9.17) is 21.1 Å². The molecule has 8 nitrogen and oxygen atoms in total. The number of nitrogens with two attached hydrogens (primary N) is 2. The molecule has 1 atom stereocenters. The summed E-state index contributed by atoms with van der Waals surface area (Å²) < 4.78 is 0. The second-order valence-corrected chi connectivity index (χ2v) is 2.48. The van der Waals surface area contributed by atoms with E-state index in [0.717, 1.165) is 0 Å². The molecule has 7 N–H and O–H groups in total. The van der Waals surface area contributed by atoms with E-state index in [-0.39, 0.29) is 48.9 Å². The topological polar surface area (TPSA) is 164 Å². The van der Waals surface area contributed by atoms with Crippen LogP contribution in [-0.4, -0.2) is 75.4 Å². The third-order valence-electron chi connectivity index (χ3n) is 1.16. The summed E-state index contributed by atoms with van der Waals surface area (Å²) in [7, 11) is 0. The quantitative estimate of drug-likeness (QED) is 0.344. The minimum atomic E-state index is -1.17. The standard InChI is InChI=1S/C5H9NO4.C2H5NO2.Na/c6-3(5(9)10)1-2-4(7)8;3-1-2(4)5;/h3H,1-2,6H2,(H,7,8)(H,9,10);1,3H2,(H,4,5);/t3-;;/m0../s1. The van der Waals surface area contributed by atoms with Crippen molar-refractivity contribution in [2.75, 3.05) is 6.54 Å². The van der Waals surface area contributed by atoms with E-state index in [1.165, 1.54) is 0 Å². The SMILES string of the molecule is NCC(=O)O.N[C@@H](CCC(=O)O)C(=O)O.[Na]. The van der Waals surface area contributed by atoms with E-state index in [1.807, 2.05) is 0 Å². The van der Waals surface area contributed by atoms with Crippen LogP contribution < -0.4 is 11.5 Å². The average molecular weight is 245 g/mol. The predicted molar refractivity (Wildman–Crippen MR) is 54.9 cm³/mol. The van der Waals surface area contributed by atoms with Crippen molar-refractivity contribution in [3.63, 3.8) is 0 Å². The van der Waals surface area contributed by atoms with E-state index >= 15 is 0 Å². The Kier molecular flexibility index (Phi) is 16.0. The fraction of sp³-hybridized carbons (Fsp3) is 0.571. The van der Waals surface area contributed by atoms with Crippen LogP contribution in [0.4, 0.5) is 0 Å². The van der Waals surface area contributed by atoms with Crippen molar-refractivity contribution in [2.24, 2.45) is 11.5 Å². The molecule has 9 heteroatoms. The van der Waals surface area contributed by atoms with Gasteiger partial charge in [0.1, 0.15) is 6.04 Å². The minimum absolute atomic E-state index is 0. The summed E-state index contributed by atoms with van der Waals surface area (Å²) >= 11 is 0. The van der Waals surface area contributed by atoms with Crippen LogP contribution >= 0.6 is 0 Å². The predicted octanol–water partition coefficient (Wildman–Crippen LogP) is -2.09. The average Bonchev–Trinajstić information content (AvgIpc) is 2.14. The van der Waals surface area contributed by atoms with E-state index in [2.05, 4.69) is 5.73 Å². The van der Waals surface area contributed by atoms with Crippen molar-refractivity contribution in [1.82, 2.24) is 0 Å². The molecule has 0 aromatic rings.